The molecule has 4 heterocycles. The molecule has 0 bridgehead atoms. The number of benzene rings is 1. The number of hydrazine groups is 1. The van der Waals surface area contributed by atoms with Gasteiger partial charge in [-0.25, -0.2) is 14.8 Å². The summed E-state index contributed by atoms with van der Waals surface area (Å²) in [6, 6.07) is 4.63. The molecule has 39 heavy (non-hydrogen) atoms. The van der Waals surface area contributed by atoms with E-state index < -0.39 is 47.3 Å². The Balaban J connectivity index is 1.27. The zero-order valence-corrected chi connectivity index (χ0v) is 21.9. The minimum atomic E-state index is -4.61. The largest absolute Gasteiger partial charge is 0.417 e. The number of alkyl halides is 3. The molecule has 11 nitrogen and oxygen atoms in total. The van der Waals surface area contributed by atoms with E-state index in [9.17, 15) is 27.6 Å². The van der Waals surface area contributed by atoms with Crippen LogP contribution in [0.1, 0.15) is 12.5 Å². The van der Waals surface area contributed by atoms with Gasteiger partial charge in [-0.1, -0.05) is 40.0 Å². The average molecular weight is 607 g/mol. The molecule has 0 spiro atoms. The number of hydrogen-bond acceptors (Lipinski definition) is 8. The summed E-state index contributed by atoms with van der Waals surface area (Å²) >= 11 is 18.1. The summed E-state index contributed by atoms with van der Waals surface area (Å²) in [6.07, 6.45) is -5.24. The van der Waals surface area contributed by atoms with E-state index >= 15 is 0 Å². The highest BCUT2D eigenvalue weighted by Gasteiger charge is 2.61. The number of fused-ring (bicyclic) bond motifs is 1. The lowest BCUT2D eigenvalue weighted by Gasteiger charge is -2.26. The fourth-order valence-corrected chi connectivity index (χ4v) is 5.12. The monoisotopic (exact) mass is 605 g/mol. The second-order valence-corrected chi connectivity index (χ2v) is 10.1. The fraction of sp³-hybridized carbons (Fsp3) is 0.318. The second kappa shape index (κ2) is 9.70. The Morgan fingerprint density at radius 2 is 1.87 bits per heavy atom. The van der Waals surface area contributed by atoms with Crippen LogP contribution in [0, 0.1) is 5.92 Å². The van der Waals surface area contributed by atoms with Crippen LogP contribution in [0.4, 0.5) is 29.5 Å². The maximum Gasteiger partial charge on any atom is 0.417 e. The number of anilines is 2. The van der Waals surface area contributed by atoms with Crippen LogP contribution in [0.15, 0.2) is 35.6 Å². The normalized spacial score (nSPS) is 24.6. The van der Waals surface area contributed by atoms with Gasteiger partial charge in [0.25, 0.3) is 5.91 Å². The van der Waals surface area contributed by atoms with Crippen LogP contribution < -0.4 is 21.1 Å². The van der Waals surface area contributed by atoms with E-state index in [0.717, 1.165) is 9.91 Å². The molecule has 0 saturated carbocycles. The van der Waals surface area contributed by atoms with Crippen molar-refractivity contribution < 1.29 is 32.4 Å². The SMILES string of the molecule is C[C@]1(C2=NO[C@@H]3C(=O)N(CCNc4ncc(C(F)(F)F)cc4Cl)C(=O)[C@@H]23)NC(=O)N(c2ccc(Cl)cc2Cl)N1. The van der Waals surface area contributed by atoms with Crippen molar-refractivity contribution in [1.29, 1.82) is 0 Å². The van der Waals surface area contributed by atoms with Gasteiger partial charge in [-0.2, -0.15) is 18.6 Å². The molecule has 3 aliphatic rings. The minimum absolute atomic E-state index is 0.0474. The fourth-order valence-electron chi connectivity index (χ4n) is 4.40. The molecule has 2 saturated heterocycles. The van der Waals surface area contributed by atoms with Gasteiger partial charge in [0, 0.05) is 24.3 Å². The van der Waals surface area contributed by atoms with Crippen LogP contribution in [-0.4, -0.2) is 58.3 Å². The maximum absolute atomic E-state index is 13.3. The first-order chi connectivity index (χ1) is 18.3. The van der Waals surface area contributed by atoms with E-state index in [2.05, 4.69) is 26.2 Å². The maximum atomic E-state index is 13.3. The molecule has 1 aromatic heterocycles. The van der Waals surface area contributed by atoms with E-state index in [1.165, 1.54) is 18.2 Å². The van der Waals surface area contributed by atoms with Gasteiger partial charge in [-0.15, -0.1) is 0 Å². The third kappa shape index (κ3) is 4.81. The molecule has 17 heteroatoms. The minimum Gasteiger partial charge on any atom is -0.381 e. The van der Waals surface area contributed by atoms with Crippen molar-refractivity contribution in [3.05, 3.63) is 51.1 Å². The summed E-state index contributed by atoms with van der Waals surface area (Å²) in [7, 11) is 0. The first kappa shape index (κ1) is 27.2. The van der Waals surface area contributed by atoms with Crippen LogP contribution in [0.3, 0.4) is 0 Å². The Morgan fingerprint density at radius 1 is 1.13 bits per heavy atom. The van der Waals surface area contributed by atoms with E-state index in [-0.39, 0.29) is 40.4 Å². The Labute approximate surface area is 233 Å². The van der Waals surface area contributed by atoms with Gasteiger partial charge in [-0.05, 0) is 31.2 Å². The number of nitrogens with one attached hydrogen (secondary N) is 3. The topological polar surface area (TPSA) is 128 Å². The molecular formula is C22H17Cl3F3N7O4. The Hall–Kier alpha value is -3.33. The van der Waals surface area contributed by atoms with Gasteiger partial charge < -0.3 is 15.5 Å². The van der Waals surface area contributed by atoms with Crippen LogP contribution in [0.25, 0.3) is 0 Å². The lowest BCUT2D eigenvalue weighted by atomic mass is 9.91. The first-order valence-electron chi connectivity index (χ1n) is 11.2. The standard InChI is InChI=1S/C22H17Cl3F3N7O4/c1-21(31-20(38)35(33-21)13-3-2-10(23)7-11(13)24)16-14-15(39-32-16)19(37)34(18(14)36)5-4-29-17-12(25)6-9(8-30-17)22(26,27)28/h2-3,6-8,14-15,33H,4-5H2,1H3,(H,29,30)(H,31,38)/t14-,15+,21+/m1/s1. The summed E-state index contributed by atoms with van der Waals surface area (Å²) in [5.41, 5.74) is 0.842. The van der Waals surface area contributed by atoms with Gasteiger partial charge in [0.15, 0.2) is 5.66 Å². The lowest BCUT2D eigenvalue weighted by molar-refractivity contribution is -0.142. The summed E-state index contributed by atoms with van der Waals surface area (Å²) in [5.74, 6) is -2.48. The lowest BCUT2D eigenvalue weighted by Crippen LogP contribution is -2.58. The Bertz CT molecular complexity index is 1430. The quantitative estimate of drug-likeness (QED) is 0.428. The van der Waals surface area contributed by atoms with Crippen molar-refractivity contribution in [2.45, 2.75) is 24.9 Å². The second-order valence-electron chi connectivity index (χ2n) is 8.89. The van der Waals surface area contributed by atoms with Crippen molar-refractivity contribution in [3.8, 4) is 0 Å². The number of oxime groups is 1. The number of halogens is 6. The van der Waals surface area contributed by atoms with Gasteiger partial charge in [0.05, 0.1) is 21.3 Å². The highest BCUT2D eigenvalue weighted by Crippen LogP contribution is 2.37. The van der Waals surface area contributed by atoms with Crippen molar-refractivity contribution in [3.63, 3.8) is 0 Å². The number of hydrogen-bond donors (Lipinski definition) is 3. The third-order valence-electron chi connectivity index (χ3n) is 6.26. The number of carbonyl (C=O) groups is 3. The summed E-state index contributed by atoms with van der Waals surface area (Å²) in [6.45, 7) is 1.32. The molecule has 4 amide bonds. The average Bonchev–Trinajstić information content (AvgIpc) is 3.49. The molecule has 1 aromatic carbocycles. The predicted molar refractivity (Wildman–Crippen MR) is 134 cm³/mol. The van der Waals surface area contributed by atoms with Crippen LogP contribution in [0.2, 0.25) is 15.1 Å². The number of carbonyl (C=O) groups excluding carboxylic acids is 3. The molecule has 0 aliphatic carbocycles. The molecule has 3 aliphatic heterocycles. The molecule has 3 atom stereocenters. The molecule has 2 aromatic rings. The van der Waals surface area contributed by atoms with Gasteiger partial charge in [0.2, 0.25) is 12.0 Å². The number of amides is 4. The molecule has 206 valence electrons. The predicted octanol–water partition coefficient (Wildman–Crippen LogP) is 3.66. The Kier molecular flexibility index (Phi) is 6.77. The zero-order valence-electron chi connectivity index (χ0n) is 19.6. The number of rotatable bonds is 6. The summed E-state index contributed by atoms with van der Waals surface area (Å²) in [5, 5.41) is 10.7. The number of likely N-dealkylation sites (tertiary alicyclic amines) is 1. The van der Waals surface area contributed by atoms with Crippen molar-refractivity contribution in [2.24, 2.45) is 11.1 Å². The molecule has 2 fully saturated rings. The molecule has 3 N–H and O–H groups in total. The van der Waals surface area contributed by atoms with E-state index in [1.54, 1.807) is 6.92 Å². The van der Waals surface area contributed by atoms with Crippen LogP contribution in [0.5, 0.6) is 0 Å². The molecule has 5 rings (SSSR count). The third-order valence-corrected chi connectivity index (χ3v) is 7.08. The van der Waals surface area contributed by atoms with Crippen molar-refractivity contribution >= 4 is 69.9 Å². The van der Waals surface area contributed by atoms with Crippen molar-refractivity contribution in [2.75, 3.05) is 23.4 Å². The highest BCUT2D eigenvalue weighted by molar-refractivity contribution is 6.37. The molecule has 0 radical (unpaired) electrons. The van der Waals surface area contributed by atoms with Crippen LogP contribution in [-0.2, 0) is 20.6 Å². The molecular weight excluding hydrogens is 590 g/mol. The number of aromatic nitrogens is 1. The van der Waals surface area contributed by atoms with Gasteiger partial charge >= 0.3 is 12.2 Å². The van der Waals surface area contributed by atoms with E-state index in [0.29, 0.717) is 17.3 Å². The number of urea groups is 1. The number of pyridine rings is 1. The zero-order chi connectivity index (χ0) is 28.3. The summed E-state index contributed by atoms with van der Waals surface area (Å²) < 4.78 is 38.5. The van der Waals surface area contributed by atoms with Crippen molar-refractivity contribution in [1.82, 2.24) is 20.6 Å². The number of imide groups is 1. The smallest absolute Gasteiger partial charge is 0.381 e. The Morgan fingerprint density at radius 3 is 2.54 bits per heavy atom. The molecule has 0 unspecified atom stereocenters. The van der Waals surface area contributed by atoms with E-state index in [4.69, 9.17) is 39.6 Å². The van der Waals surface area contributed by atoms with Crippen LogP contribution >= 0.6 is 34.8 Å². The first-order valence-corrected chi connectivity index (χ1v) is 12.3. The summed E-state index contributed by atoms with van der Waals surface area (Å²) in [4.78, 5) is 48.8. The van der Waals surface area contributed by atoms with Gasteiger partial charge in [-0.3, -0.25) is 14.5 Å². The van der Waals surface area contributed by atoms with E-state index in [1.807, 2.05) is 0 Å². The van der Waals surface area contributed by atoms with Gasteiger partial charge in [0.1, 0.15) is 17.4 Å². The highest BCUT2D eigenvalue weighted by atomic mass is 35.5. The number of nitrogens with zero attached hydrogens (tertiary/aromatic N) is 4.